The van der Waals surface area contributed by atoms with Crippen molar-refractivity contribution in [2.24, 2.45) is 0 Å². The van der Waals surface area contributed by atoms with E-state index in [1.165, 1.54) is 28.8 Å². The molecule has 2 fully saturated rings. The number of halogens is 1. The van der Waals surface area contributed by atoms with Crippen LogP contribution < -0.4 is 10.9 Å². The van der Waals surface area contributed by atoms with Gasteiger partial charge < -0.3 is 9.80 Å². The Balaban J connectivity index is 1.33. The summed E-state index contributed by atoms with van der Waals surface area (Å²) in [5.74, 6) is -0.804. The van der Waals surface area contributed by atoms with E-state index >= 15 is 0 Å². The molecule has 0 aliphatic carbocycles. The van der Waals surface area contributed by atoms with Crippen LogP contribution in [-0.4, -0.2) is 53.8 Å². The molecule has 2 unspecified atom stereocenters. The fourth-order valence-electron chi connectivity index (χ4n) is 4.07. The first kappa shape index (κ1) is 20.5. The summed E-state index contributed by atoms with van der Waals surface area (Å²) in [7, 11) is 0. The molecule has 2 N–H and O–H groups in total. The molecule has 2 aliphatic rings. The van der Waals surface area contributed by atoms with Gasteiger partial charge in [0.25, 0.3) is 5.91 Å². The van der Waals surface area contributed by atoms with Crippen LogP contribution >= 0.6 is 0 Å². The van der Waals surface area contributed by atoms with Crippen LogP contribution in [0.5, 0.6) is 0 Å². The van der Waals surface area contributed by atoms with Gasteiger partial charge in [0, 0.05) is 32.2 Å². The number of benzene rings is 2. The van der Waals surface area contributed by atoms with E-state index < -0.39 is 5.82 Å². The number of rotatable bonds is 3. The van der Waals surface area contributed by atoms with E-state index in [0.717, 1.165) is 0 Å². The van der Waals surface area contributed by atoms with Crippen molar-refractivity contribution in [1.29, 1.82) is 0 Å². The molecule has 2 heterocycles. The minimum absolute atomic E-state index is 0.0341. The standard InChI is InChI=1S/C23H27FN4O2/c1-15-7-8-17(13-16(15)2)20-14-21(26-25-20)23(30)28-11-9-27(10-12-28)22(29)18-5-3-4-6-19(18)24/h3-8,13,20-21,25-26H,9-12,14H2,1-2H3. The molecule has 2 saturated heterocycles. The lowest BCUT2D eigenvalue weighted by Gasteiger charge is -2.36. The molecule has 0 radical (unpaired) electrons. The van der Waals surface area contributed by atoms with E-state index in [-0.39, 0.29) is 29.5 Å². The highest BCUT2D eigenvalue weighted by atomic mass is 19.1. The molecule has 7 heteroatoms. The molecule has 0 spiro atoms. The topological polar surface area (TPSA) is 64.7 Å². The average Bonchev–Trinajstić information content (AvgIpc) is 3.25. The zero-order valence-corrected chi connectivity index (χ0v) is 17.3. The van der Waals surface area contributed by atoms with Crippen LogP contribution in [0.4, 0.5) is 4.39 Å². The van der Waals surface area contributed by atoms with Gasteiger partial charge in [0.15, 0.2) is 0 Å². The molecule has 2 amide bonds. The summed E-state index contributed by atoms with van der Waals surface area (Å²) in [6.45, 7) is 5.88. The number of amides is 2. The average molecular weight is 410 g/mol. The van der Waals surface area contributed by atoms with Crippen LogP contribution in [0.1, 0.15) is 39.5 Å². The highest BCUT2D eigenvalue weighted by molar-refractivity contribution is 5.94. The molecule has 158 valence electrons. The maximum atomic E-state index is 13.9. The van der Waals surface area contributed by atoms with Gasteiger partial charge in [-0.05, 0) is 49.1 Å². The Labute approximate surface area is 176 Å². The fourth-order valence-corrected chi connectivity index (χ4v) is 4.07. The van der Waals surface area contributed by atoms with Crippen LogP contribution in [0.15, 0.2) is 42.5 Å². The van der Waals surface area contributed by atoms with Crippen LogP contribution in [0, 0.1) is 19.7 Å². The molecule has 0 bridgehead atoms. The zero-order valence-electron chi connectivity index (χ0n) is 17.3. The summed E-state index contributed by atoms with van der Waals surface area (Å²) >= 11 is 0. The molecule has 2 aromatic rings. The Kier molecular flexibility index (Phi) is 5.83. The normalized spacial score (nSPS) is 21.7. The molecule has 0 aromatic heterocycles. The zero-order chi connectivity index (χ0) is 21.3. The predicted molar refractivity (Wildman–Crippen MR) is 112 cm³/mol. The first-order valence-corrected chi connectivity index (χ1v) is 10.3. The summed E-state index contributed by atoms with van der Waals surface area (Å²) in [5, 5.41) is 0. The SMILES string of the molecule is Cc1ccc(C2CC(C(=O)N3CCN(C(=O)c4ccccc4F)CC3)NN2)cc1C. The van der Waals surface area contributed by atoms with Crippen molar-refractivity contribution < 1.29 is 14.0 Å². The lowest BCUT2D eigenvalue weighted by molar-refractivity contribution is -0.134. The van der Waals surface area contributed by atoms with Crippen molar-refractivity contribution in [1.82, 2.24) is 20.7 Å². The molecule has 6 nitrogen and oxygen atoms in total. The van der Waals surface area contributed by atoms with Crippen molar-refractivity contribution in [2.45, 2.75) is 32.4 Å². The van der Waals surface area contributed by atoms with Crippen LogP contribution in [-0.2, 0) is 4.79 Å². The van der Waals surface area contributed by atoms with Gasteiger partial charge in [-0.25, -0.2) is 15.2 Å². The van der Waals surface area contributed by atoms with Crippen molar-refractivity contribution in [2.75, 3.05) is 26.2 Å². The van der Waals surface area contributed by atoms with Gasteiger partial charge in [-0.2, -0.15) is 0 Å². The van der Waals surface area contributed by atoms with Crippen molar-refractivity contribution in [3.63, 3.8) is 0 Å². The molecule has 2 aromatic carbocycles. The third-order valence-electron chi connectivity index (χ3n) is 6.12. The quantitative estimate of drug-likeness (QED) is 0.815. The number of nitrogens with zero attached hydrogens (tertiary/aromatic N) is 2. The highest BCUT2D eigenvalue weighted by Crippen LogP contribution is 2.25. The summed E-state index contributed by atoms with van der Waals surface area (Å²) in [6, 6.07) is 12.2. The number of piperazine rings is 1. The van der Waals surface area contributed by atoms with Crippen molar-refractivity contribution in [3.8, 4) is 0 Å². The van der Waals surface area contributed by atoms with Crippen LogP contribution in [0.25, 0.3) is 0 Å². The number of hydrogen-bond acceptors (Lipinski definition) is 4. The molecule has 0 saturated carbocycles. The van der Waals surface area contributed by atoms with E-state index in [2.05, 4.69) is 42.9 Å². The van der Waals surface area contributed by atoms with E-state index in [4.69, 9.17) is 0 Å². The van der Waals surface area contributed by atoms with Gasteiger partial charge in [0.2, 0.25) is 5.91 Å². The summed E-state index contributed by atoms with van der Waals surface area (Å²) < 4.78 is 13.9. The number of nitrogens with one attached hydrogen (secondary N) is 2. The largest absolute Gasteiger partial charge is 0.338 e. The third kappa shape index (κ3) is 4.08. The van der Waals surface area contributed by atoms with Crippen LogP contribution in [0.3, 0.4) is 0 Å². The first-order valence-electron chi connectivity index (χ1n) is 10.3. The Morgan fingerprint density at radius 3 is 2.33 bits per heavy atom. The minimum Gasteiger partial charge on any atom is -0.338 e. The minimum atomic E-state index is -0.514. The molecule has 4 rings (SSSR count). The lowest BCUT2D eigenvalue weighted by atomic mass is 9.98. The molecular formula is C23H27FN4O2. The van der Waals surface area contributed by atoms with Gasteiger partial charge in [-0.1, -0.05) is 30.3 Å². The van der Waals surface area contributed by atoms with Gasteiger partial charge in [-0.15, -0.1) is 0 Å². The maximum absolute atomic E-state index is 13.9. The molecule has 2 aliphatic heterocycles. The van der Waals surface area contributed by atoms with E-state index in [9.17, 15) is 14.0 Å². The van der Waals surface area contributed by atoms with Gasteiger partial charge in [0.05, 0.1) is 5.56 Å². The van der Waals surface area contributed by atoms with Crippen LogP contribution in [0.2, 0.25) is 0 Å². The Morgan fingerprint density at radius 1 is 0.933 bits per heavy atom. The second kappa shape index (κ2) is 8.53. The number of hydrogen-bond donors (Lipinski definition) is 2. The maximum Gasteiger partial charge on any atom is 0.256 e. The second-order valence-corrected chi connectivity index (χ2v) is 8.07. The van der Waals surface area contributed by atoms with E-state index in [1.54, 1.807) is 21.9 Å². The Morgan fingerprint density at radius 2 is 1.63 bits per heavy atom. The van der Waals surface area contributed by atoms with E-state index in [0.29, 0.717) is 32.6 Å². The summed E-state index contributed by atoms with van der Waals surface area (Å²) in [5.41, 5.74) is 10.1. The molecular weight excluding hydrogens is 383 g/mol. The number of aryl methyl sites for hydroxylation is 2. The van der Waals surface area contributed by atoms with Gasteiger partial charge in [0.1, 0.15) is 11.9 Å². The Bertz CT molecular complexity index is 956. The van der Waals surface area contributed by atoms with Crippen molar-refractivity contribution >= 4 is 11.8 Å². The summed E-state index contributed by atoms with van der Waals surface area (Å²) in [4.78, 5) is 28.9. The van der Waals surface area contributed by atoms with Gasteiger partial charge in [-0.3, -0.25) is 9.59 Å². The fraction of sp³-hybridized carbons (Fsp3) is 0.391. The number of carbonyl (C=O) groups is 2. The van der Waals surface area contributed by atoms with Gasteiger partial charge >= 0.3 is 0 Å². The molecule has 30 heavy (non-hydrogen) atoms. The summed E-state index contributed by atoms with van der Waals surface area (Å²) in [6.07, 6.45) is 0.676. The second-order valence-electron chi connectivity index (χ2n) is 8.07. The Hall–Kier alpha value is -2.77. The monoisotopic (exact) mass is 410 g/mol. The smallest absolute Gasteiger partial charge is 0.256 e. The number of hydrazine groups is 1. The third-order valence-corrected chi connectivity index (χ3v) is 6.12. The highest BCUT2D eigenvalue weighted by Gasteiger charge is 2.35. The van der Waals surface area contributed by atoms with Crippen molar-refractivity contribution in [3.05, 3.63) is 70.5 Å². The first-order chi connectivity index (χ1) is 14.4. The van der Waals surface area contributed by atoms with E-state index in [1.807, 2.05) is 0 Å². The predicted octanol–water partition coefficient (Wildman–Crippen LogP) is 2.33. The molecule has 2 atom stereocenters. The number of carbonyl (C=O) groups excluding carboxylic acids is 2. The lowest BCUT2D eigenvalue weighted by Crippen LogP contribution is -2.54.